The highest BCUT2D eigenvalue weighted by Crippen LogP contribution is 2.30. The summed E-state index contributed by atoms with van der Waals surface area (Å²) in [6.07, 6.45) is 0. The van der Waals surface area contributed by atoms with Crippen molar-refractivity contribution in [1.82, 2.24) is 20.0 Å². The smallest absolute Gasteiger partial charge is 0.261 e. The lowest BCUT2D eigenvalue weighted by atomic mass is 10.1. The van der Waals surface area contributed by atoms with Crippen molar-refractivity contribution in [2.75, 3.05) is 26.3 Å². The van der Waals surface area contributed by atoms with Crippen LogP contribution in [-0.4, -0.2) is 46.9 Å². The van der Waals surface area contributed by atoms with Gasteiger partial charge in [-0.1, -0.05) is 42.5 Å². The van der Waals surface area contributed by atoms with Crippen LogP contribution in [0, 0.1) is 6.92 Å². The number of amides is 1. The lowest BCUT2D eigenvalue weighted by Gasteiger charge is -2.27. The number of fused-ring (bicyclic) bond motifs is 1. The standard InChI is InChI=1S/C25H26N4O2S/c1-18-22-15-23(32-25(22)29(27-18)21-9-3-2-4-10-21)24(30)26-16-19-7-5-6-8-20(19)17-28-11-13-31-14-12-28/h2-10,15H,11-14,16-17H2,1H3,(H,26,30). The van der Waals surface area contributed by atoms with E-state index in [-0.39, 0.29) is 5.91 Å². The average Bonchev–Trinajstić information content (AvgIpc) is 3.40. The molecular weight excluding hydrogens is 420 g/mol. The number of para-hydroxylation sites is 1. The molecule has 164 valence electrons. The summed E-state index contributed by atoms with van der Waals surface area (Å²) in [5, 5.41) is 8.81. The number of benzene rings is 2. The van der Waals surface area contributed by atoms with Gasteiger partial charge >= 0.3 is 0 Å². The molecule has 1 N–H and O–H groups in total. The molecule has 0 radical (unpaired) electrons. The molecule has 0 atom stereocenters. The Labute approximate surface area is 191 Å². The minimum atomic E-state index is -0.0496. The molecule has 0 unspecified atom stereocenters. The van der Waals surface area contributed by atoms with Crippen LogP contribution < -0.4 is 5.32 Å². The van der Waals surface area contributed by atoms with E-state index in [9.17, 15) is 4.79 Å². The van der Waals surface area contributed by atoms with Gasteiger partial charge < -0.3 is 10.1 Å². The fourth-order valence-corrected chi connectivity index (χ4v) is 5.15. The zero-order valence-electron chi connectivity index (χ0n) is 18.1. The van der Waals surface area contributed by atoms with Crippen LogP contribution in [0.4, 0.5) is 0 Å². The summed E-state index contributed by atoms with van der Waals surface area (Å²) < 4.78 is 7.38. The maximum atomic E-state index is 13.0. The van der Waals surface area contributed by atoms with E-state index in [1.54, 1.807) is 0 Å². The summed E-state index contributed by atoms with van der Waals surface area (Å²) in [4.78, 5) is 17.1. The molecule has 0 saturated carbocycles. The largest absolute Gasteiger partial charge is 0.379 e. The Morgan fingerprint density at radius 1 is 1.06 bits per heavy atom. The van der Waals surface area contributed by atoms with Crippen LogP contribution >= 0.6 is 11.3 Å². The molecule has 1 amide bonds. The quantitative estimate of drug-likeness (QED) is 0.483. The molecule has 6 nitrogen and oxygen atoms in total. The monoisotopic (exact) mass is 446 g/mol. The van der Waals surface area contributed by atoms with Crippen molar-refractivity contribution >= 4 is 27.5 Å². The van der Waals surface area contributed by atoms with Gasteiger partial charge in [0.1, 0.15) is 4.83 Å². The van der Waals surface area contributed by atoms with Crippen molar-refractivity contribution in [2.45, 2.75) is 20.0 Å². The van der Waals surface area contributed by atoms with Gasteiger partial charge in [-0.25, -0.2) is 4.68 Å². The predicted octanol–water partition coefficient (Wildman–Crippen LogP) is 4.16. The molecule has 0 aliphatic carbocycles. The van der Waals surface area contributed by atoms with Gasteiger partial charge in [-0.15, -0.1) is 11.3 Å². The van der Waals surface area contributed by atoms with Gasteiger partial charge in [0.05, 0.1) is 29.5 Å². The fraction of sp³-hybridized carbons (Fsp3) is 0.280. The first-order chi connectivity index (χ1) is 15.7. The molecule has 1 fully saturated rings. The van der Waals surface area contributed by atoms with Crippen molar-refractivity contribution in [3.63, 3.8) is 0 Å². The number of rotatable bonds is 6. The molecule has 2 aromatic carbocycles. The van der Waals surface area contributed by atoms with E-state index in [1.807, 2.05) is 54.1 Å². The van der Waals surface area contributed by atoms with E-state index in [2.05, 4.69) is 33.5 Å². The maximum absolute atomic E-state index is 13.0. The average molecular weight is 447 g/mol. The molecule has 1 saturated heterocycles. The molecule has 0 spiro atoms. The summed E-state index contributed by atoms with van der Waals surface area (Å²) in [7, 11) is 0. The summed E-state index contributed by atoms with van der Waals surface area (Å²) in [5.74, 6) is -0.0496. The van der Waals surface area contributed by atoms with Crippen molar-refractivity contribution in [2.24, 2.45) is 0 Å². The lowest BCUT2D eigenvalue weighted by Crippen LogP contribution is -2.36. The molecule has 2 aromatic heterocycles. The molecule has 0 bridgehead atoms. The zero-order valence-corrected chi connectivity index (χ0v) is 18.9. The van der Waals surface area contributed by atoms with Gasteiger partial charge in [0.25, 0.3) is 5.91 Å². The Morgan fingerprint density at radius 3 is 2.56 bits per heavy atom. The van der Waals surface area contributed by atoms with Crippen LogP contribution in [0.1, 0.15) is 26.5 Å². The second kappa shape index (κ2) is 9.24. The fourth-order valence-electron chi connectivity index (χ4n) is 4.05. The van der Waals surface area contributed by atoms with Gasteiger partial charge in [0.15, 0.2) is 0 Å². The Morgan fingerprint density at radius 2 is 1.78 bits per heavy atom. The number of aryl methyl sites for hydroxylation is 1. The third kappa shape index (κ3) is 4.32. The normalized spacial score (nSPS) is 14.7. The number of thiophene rings is 1. The molecule has 7 heteroatoms. The third-order valence-electron chi connectivity index (χ3n) is 5.82. The lowest BCUT2D eigenvalue weighted by molar-refractivity contribution is 0.0340. The van der Waals surface area contributed by atoms with Crippen molar-refractivity contribution in [3.8, 4) is 5.69 Å². The highest BCUT2D eigenvalue weighted by Gasteiger charge is 2.18. The minimum Gasteiger partial charge on any atom is -0.379 e. The number of nitrogens with zero attached hydrogens (tertiary/aromatic N) is 3. The van der Waals surface area contributed by atoms with E-state index in [1.165, 1.54) is 16.9 Å². The van der Waals surface area contributed by atoms with Crippen molar-refractivity contribution in [1.29, 1.82) is 0 Å². The first-order valence-electron chi connectivity index (χ1n) is 10.9. The second-order valence-corrected chi connectivity index (χ2v) is 9.03. The van der Waals surface area contributed by atoms with Crippen LogP contribution in [-0.2, 0) is 17.8 Å². The van der Waals surface area contributed by atoms with E-state index < -0.39 is 0 Å². The first kappa shape index (κ1) is 20.9. The van der Waals surface area contributed by atoms with E-state index in [0.29, 0.717) is 11.4 Å². The third-order valence-corrected chi connectivity index (χ3v) is 6.93. The van der Waals surface area contributed by atoms with Crippen LogP contribution in [0.25, 0.3) is 15.9 Å². The Kier molecular flexibility index (Phi) is 6.03. The summed E-state index contributed by atoms with van der Waals surface area (Å²) in [5.41, 5.74) is 4.33. The van der Waals surface area contributed by atoms with E-state index >= 15 is 0 Å². The molecule has 1 aliphatic rings. The Balaban J connectivity index is 1.32. The molecular formula is C25H26N4O2S. The van der Waals surface area contributed by atoms with E-state index in [4.69, 9.17) is 4.74 Å². The summed E-state index contributed by atoms with van der Waals surface area (Å²) >= 11 is 1.48. The minimum absolute atomic E-state index is 0.0496. The molecule has 5 rings (SSSR count). The highest BCUT2D eigenvalue weighted by atomic mass is 32.1. The number of aromatic nitrogens is 2. The van der Waals surface area contributed by atoms with Crippen molar-refractivity contribution in [3.05, 3.63) is 82.4 Å². The second-order valence-electron chi connectivity index (χ2n) is 8.00. The number of hydrogen-bond donors (Lipinski definition) is 1. The summed E-state index contributed by atoms with van der Waals surface area (Å²) in [6, 6.07) is 20.3. The van der Waals surface area contributed by atoms with Gasteiger partial charge in [-0.3, -0.25) is 9.69 Å². The number of hydrogen-bond acceptors (Lipinski definition) is 5. The Hall–Kier alpha value is -3.00. The van der Waals surface area contributed by atoms with Crippen LogP contribution in [0.15, 0.2) is 60.7 Å². The van der Waals surface area contributed by atoms with Crippen LogP contribution in [0.5, 0.6) is 0 Å². The zero-order chi connectivity index (χ0) is 21.9. The number of ether oxygens (including phenoxy) is 1. The SMILES string of the molecule is Cc1nn(-c2ccccc2)c2sc(C(=O)NCc3ccccc3CN3CCOCC3)cc12. The predicted molar refractivity (Wildman–Crippen MR) is 127 cm³/mol. The summed E-state index contributed by atoms with van der Waals surface area (Å²) in [6.45, 7) is 6.83. The van der Waals surface area contributed by atoms with Crippen LogP contribution in [0.2, 0.25) is 0 Å². The number of morpholine rings is 1. The number of carbonyl (C=O) groups excluding carboxylic acids is 1. The van der Waals surface area contributed by atoms with Gasteiger partial charge in [-0.2, -0.15) is 5.10 Å². The topological polar surface area (TPSA) is 59.4 Å². The van der Waals surface area contributed by atoms with Gasteiger partial charge in [0.2, 0.25) is 0 Å². The van der Waals surface area contributed by atoms with Gasteiger partial charge in [-0.05, 0) is 36.2 Å². The van der Waals surface area contributed by atoms with Crippen LogP contribution in [0.3, 0.4) is 0 Å². The number of carbonyl (C=O) groups is 1. The molecule has 4 aromatic rings. The maximum Gasteiger partial charge on any atom is 0.261 e. The van der Waals surface area contributed by atoms with Crippen molar-refractivity contribution < 1.29 is 9.53 Å². The molecule has 1 aliphatic heterocycles. The van der Waals surface area contributed by atoms with E-state index in [0.717, 1.165) is 60.0 Å². The molecule has 3 heterocycles. The Bertz CT molecular complexity index is 1230. The highest BCUT2D eigenvalue weighted by molar-refractivity contribution is 7.20. The van der Waals surface area contributed by atoms with Gasteiger partial charge in [0, 0.05) is 31.6 Å². The number of nitrogens with one attached hydrogen (secondary N) is 1. The molecule has 32 heavy (non-hydrogen) atoms. The first-order valence-corrected chi connectivity index (χ1v) is 11.7.